The third-order valence-electron chi connectivity index (χ3n) is 4.70. The van der Waals surface area contributed by atoms with Crippen molar-refractivity contribution in [3.05, 3.63) is 12.2 Å². The van der Waals surface area contributed by atoms with Crippen LogP contribution in [0, 0.1) is 11.8 Å². The van der Waals surface area contributed by atoms with Crippen molar-refractivity contribution in [2.45, 2.75) is 64.6 Å². The van der Waals surface area contributed by atoms with Gasteiger partial charge >= 0.3 is 6.09 Å². The Hall–Kier alpha value is -1.07. The second-order valence-electron chi connectivity index (χ2n) is 7.95. The van der Waals surface area contributed by atoms with Gasteiger partial charge in [-0.05, 0) is 52.9 Å². The number of likely N-dealkylation sites (tertiary alicyclic amines) is 1. The summed E-state index contributed by atoms with van der Waals surface area (Å²) < 4.78 is 5.49. The number of carbonyl (C=O) groups excluding carboxylic acids is 1. The van der Waals surface area contributed by atoms with Crippen LogP contribution in [0.25, 0.3) is 0 Å². The molecule has 0 radical (unpaired) electrons. The van der Waals surface area contributed by atoms with Crippen LogP contribution in [0.2, 0.25) is 0 Å². The van der Waals surface area contributed by atoms with Crippen LogP contribution in [0.15, 0.2) is 12.2 Å². The summed E-state index contributed by atoms with van der Waals surface area (Å²) in [6.07, 6.45) is 7.17. The van der Waals surface area contributed by atoms with E-state index in [0.717, 1.165) is 32.4 Å². The molecule has 1 fully saturated rings. The minimum absolute atomic E-state index is 0.199. The highest BCUT2D eigenvalue weighted by molar-refractivity contribution is 5.68. The van der Waals surface area contributed by atoms with Crippen molar-refractivity contribution < 1.29 is 14.6 Å². The molecule has 2 aliphatic rings. The third-order valence-corrected chi connectivity index (χ3v) is 4.70. The van der Waals surface area contributed by atoms with Gasteiger partial charge in [0.25, 0.3) is 0 Å². The summed E-state index contributed by atoms with van der Waals surface area (Å²) in [5.41, 5.74) is -0.443. The van der Waals surface area contributed by atoms with Crippen molar-refractivity contribution >= 4 is 6.09 Å². The molecule has 0 bridgehead atoms. The lowest BCUT2D eigenvalue weighted by Gasteiger charge is -2.37. The van der Waals surface area contributed by atoms with Gasteiger partial charge in [0.05, 0.1) is 0 Å². The van der Waals surface area contributed by atoms with Crippen LogP contribution >= 0.6 is 0 Å². The zero-order chi connectivity index (χ0) is 17.0. The van der Waals surface area contributed by atoms with Crippen molar-refractivity contribution in [3.8, 4) is 0 Å². The van der Waals surface area contributed by atoms with Crippen LogP contribution in [0.4, 0.5) is 4.79 Å². The van der Waals surface area contributed by atoms with Gasteiger partial charge in [0.1, 0.15) is 5.60 Å². The van der Waals surface area contributed by atoms with E-state index in [1.165, 1.54) is 0 Å². The highest BCUT2D eigenvalue weighted by atomic mass is 16.6. The molecule has 1 aliphatic carbocycles. The zero-order valence-corrected chi connectivity index (χ0v) is 14.9. The quantitative estimate of drug-likeness (QED) is 0.780. The summed E-state index contributed by atoms with van der Waals surface area (Å²) in [7, 11) is 0. The first kappa shape index (κ1) is 18.3. The van der Waals surface area contributed by atoms with Crippen LogP contribution < -0.4 is 5.32 Å². The Kier molecular flexibility index (Phi) is 6.09. The Morgan fingerprint density at radius 2 is 2.17 bits per heavy atom. The van der Waals surface area contributed by atoms with E-state index in [-0.39, 0.29) is 18.6 Å². The smallest absolute Gasteiger partial charge is 0.410 e. The minimum atomic E-state index is -0.443. The normalized spacial score (nSPS) is 29.6. The van der Waals surface area contributed by atoms with Crippen LogP contribution in [0.5, 0.6) is 0 Å². The van der Waals surface area contributed by atoms with Gasteiger partial charge in [-0.25, -0.2) is 4.79 Å². The van der Waals surface area contributed by atoms with Gasteiger partial charge < -0.3 is 20.1 Å². The van der Waals surface area contributed by atoms with Gasteiger partial charge in [0.2, 0.25) is 0 Å². The summed E-state index contributed by atoms with van der Waals surface area (Å²) in [6.45, 7) is 9.67. The van der Waals surface area contributed by atoms with E-state index in [0.29, 0.717) is 18.0 Å². The van der Waals surface area contributed by atoms with Crippen molar-refractivity contribution in [3.63, 3.8) is 0 Å². The Morgan fingerprint density at radius 3 is 2.78 bits per heavy atom. The molecule has 4 atom stereocenters. The number of ether oxygens (including phenoxy) is 1. The van der Waals surface area contributed by atoms with Crippen molar-refractivity contribution in [2.75, 3.05) is 19.7 Å². The molecule has 1 amide bonds. The van der Waals surface area contributed by atoms with Gasteiger partial charge in [0.15, 0.2) is 0 Å². The highest BCUT2D eigenvalue weighted by Crippen LogP contribution is 2.24. The summed E-state index contributed by atoms with van der Waals surface area (Å²) in [5.74, 6) is 0.724. The topological polar surface area (TPSA) is 61.8 Å². The average molecular weight is 324 g/mol. The Labute approximate surface area is 140 Å². The first-order valence-electron chi connectivity index (χ1n) is 8.81. The molecule has 2 rings (SSSR count). The number of nitrogens with one attached hydrogen (secondary N) is 1. The fourth-order valence-corrected chi connectivity index (χ4v) is 3.42. The van der Waals surface area contributed by atoms with Gasteiger partial charge in [0, 0.05) is 37.7 Å². The van der Waals surface area contributed by atoms with Crippen LogP contribution in [0.3, 0.4) is 0 Å². The number of aliphatic hydroxyl groups excluding tert-OH is 1. The molecule has 1 heterocycles. The van der Waals surface area contributed by atoms with E-state index < -0.39 is 5.60 Å². The highest BCUT2D eigenvalue weighted by Gasteiger charge is 2.31. The maximum atomic E-state index is 12.3. The molecule has 23 heavy (non-hydrogen) atoms. The summed E-state index contributed by atoms with van der Waals surface area (Å²) >= 11 is 0. The molecule has 1 aliphatic heterocycles. The lowest BCUT2D eigenvalue weighted by molar-refractivity contribution is 0.0147. The maximum Gasteiger partial charge on any atom is 0.410 e. The first-order valence-corrected chi connectivity index (χ1v) is 8.81. The number of nitrogens with zero attached hydrogens (tertiary/aromatic N) is 1. The summed E-state index contributed by atoms with van der Waals surface area (Å²) in [6, 6.07) is 0.673. The lowest BCUT2D eigenvalue weighted by atomic mass is 9.91. The molecule has 5 heteroatoms. The number of aliphatic hydroxyl groups is 1. The Morgan fingerprint density at radius 1 is 1.43 bits per heavy atom. The molecule has 0 aromatic heterocycles. The fourth-order valence-electron chi connectivity index (χ4n) is 3.42. The van der Waals surface area contributed by atoms with E-state index in [1.54, 1.807) is 0 Å². The predicted molar refractivity (Wildman–Crippen MR) is 91.2 cm³/mol. The monoisotopic (exact) mass is 324 g/mol. The van der Waals surface area contributed by atoms with Crippen LogP contribution in [-0.2, 0) is 4.74 Å². The summed E-state index contributed by atoms with van der Waals surface area (Å²) in [5, 5.41) is 12.9. The van der Waals surface area contributed by atoms with Gasteiger partial charge in [-0.1, -0.05) is 12.2 Å². The summed E-state index contributed by atoms with van der Waals surface area (Å²) in [4.78, 5) is 14.1. The standard InChI is InChI=1S/C18H32N2O3/c1-13(19-16-8-7-14(10-16)12-21)15-6-5-9-20(11-15)17(22)23-18(2,3)4/h7-8,13-16,19,21H,5-6,9-12H2,1-4H3/t13?,14-,15?,16+/m0/s1. The number of rotatable bonds is 4. The zero-order valence-electron chi connectivity index (χ0n) is 14.9. The molecule has 132 valence electrons. The van der Waals surface area contributed by atoms with Crippen molar-refractivity contribution in [1.82, 2.24) is 10.2 Å². The van der Waals surface area contributed by atoms with Crippen LogP contribution in [-0.4, -0.2) is 53.5 Å². The maximum absolute atomic E-state index is 12.3. The molecule has 0 spiro atoms. The predicted octanol–water partition coefficient (Wildman–Crippen LogP) is 2.55. The van der Waals surface area contributed by atoms with E-state index in [4.69, 9.17) is 4.74 Å². The number of amides is 1. The van der Waals surface area contributed by atoms with Crippen molar-refractivity contribution in [1.29, 1.82) is 0 Å². The molecule has 0 aromatic carbocycles. The molecule has 2 unspecified atom stereocenters. The molecule has 0 aromatic rings. The second-order valence-corrected chi connectivity index (χ2v) is 7.95. The number of carbonyl (C=O) groups is 1. The van der Waals surface area contributed by atoms with E-state index >= 15 is 0 Å². The molecule has 0 saturated carbocycles. The Bertz CT molecular complexity index is 430. The van der Waals surface area contributed by atoms with E-state index in [9.17, 15) is 9.90 Å². The largest absolute Gasteiger partial charge is 0.444 e. The van der Waals surface area contributed by atoms with E-state index in [2.05, 4.69) is 24.4 Å². The average Bonchev–Trinajstić information content (AvgIpc) is 2.93. The van der Waals surface area contributed by atoms with Crippen molar-refractivity contribution in [2.24, 2.45) is 11.8 Å². The van der Waals surface area contributed by atoms with Gasteiger partial charge in [-0.3, -0.25) is 0 Å². The lowest BCUT2D eigenvalue weighted by Crippen LogP contribution is -2.49. The number of hydrogen-bond acceptors (Lipinski definition) is 4. The van der Waals surface area contributed by atoms with Gasteiger partial charge in [-0.15, -0.1) is 0 Å². The molecular formula is C18H32N2O3. The van der Waals surface area contributed by atoms with E-state index in [1.807, 2.05) is 25.7 Å². The van der Waals surface area contributed by atoms with Crippen LogP contribution in [0.1, 0.15) is 47.0 Å². The molecule has 5 nitrogen and oxygen atoms in total. The number of hydrogen-bond donors (Lipinski definition) is 2. The molecule has 1 saturated heterocycles. The molecular weight excluding hydrogens is 292 g/mol. The Balaban J connectivity index is 1.83. The second kappa shape index (κ2) is 7.67. The minimum Gasteiger partial charge on any atom is -0.444 e. The number of piperidine rings is 1. The fraction of sp³-hybridized carbons (Fsp3) is 0.833. The SMILES string of the molecule is CC(N[C@@H]1C=C[C@H](CO)C1)C1CCCN(C(=O)OC(C)(C)C)C1. The van der Waals surface area contributed by atoms with Gasteiger partial charge in [-0.2, -0.15) is 0 Å². The molecule has 2 N–H and O–H groups in total. The third kappa shape index (κ3) is 5.50. The first-order chi connectivity index (χ1) is 10.8.